The second-order valence-electron chi connectivity index (χ2n) is 28.2. The van der Waals surface area contributed by atoms with Crippen molar-refractivity contribution in [2.24, 2.45) is 29.6 Å². The third kappa shape index (κ3) is 21.0. The number of carbonyl (C=O) groups excluding carboxylic acids is 11. The van der Waals surface area contributed by atoms with Crippen molar-refractivity contribution in [3.63, 3.8) is 0 Å². The van der Waals surface area contributed by atoms with Gasteiger partial charge in [-0.05, 0) is 120 Å². The Bertz CT molecular complexity index is 2830. The number of amides is 11. The number of fused-ring (bicyclic) bond motifs is 1. The van der Waals surface area contributed by atoms with Crippen molar-refractivity contribution in [3.8, 4) is 0 Å². The molecule has 0 radical (unpaired) electrons. The number of rotatable bonds is 13. The Morgan fingerprint density at radius 1 is 0.613 bits per heavy atom. The van der Waals surface area contributed by atoms with E-state index < -0.39 is 154 Å². The lowest BCUT2D eigenvalue weighted by molar-refractivity contribution is -0.158. The second-order valence-corrected chi connectivity index (χ2v) is 28.6. The molecule has 0 bridgehead atoms. The molecule has 26 heteroatoms. The minimum atomic E-state index is -4.76. The molecule has 524 valence electrons. The van der Waals surface area contributed by atoms with Crippen LogP contribution >= 0.6 is 11.6 Å². The molecule has 4 N–H and O–H groups in total. The molecule has 1 aliphatic carbocycles. The molecule has 2 aliphatic heterocycles. The summed E-state index contributed by atoms with van der Waals surface area (Å²) in [4.78, 5) is 170. The van der Waals surface area contributed by atoms with E-state index in [4.69, 9.17) is 11.6 Å². The smallest absolute Gasteiger partial charge is 0.343 e. The SMILES string of the molecule is CC[C@H](C)[C@@H]1NC(=O)[C@H](CC(C)C)N(C)C(=O)C[C@@H](C)N(C)C(=O)[C@H](CC(C)C)NC(=O)C(C)(C)N(C)C(=O)[C@H](CC(C)C)NC(=O)[C@H](CCc2ccc(C(F)(F)F)c(Cl)c2)NC(=O)[C@@H](C)N(C)C(=O)[C@H](CC2CCCCC2)N(C)C(=O)[C@@H]2CCN2C(=O)CN(C)C1=O. The minimum absolute atomic E-state index is 0.0228. The van der Waals surface area contributed by atoms with Crippen LogP contribution in [0.1, 0.15) is 178 Å². The maximum atomic E-state index is 15.0. The van der Waals surface area contributed by atoms with Crippen molar-refractivity contribution >= 4 is 76.6 Å². The highest BCUT2D eigenvalue weighted by atomic mass is 35.5. The average molecular weight is 1340 g/mol. The van der Waals surface area contributed by atoms with Gasteiger partial charge in [0.25, 0.3) is 0 Å². The Labute approximate surface area is 554 Å². The predicted molar refractivity (Wildman–Crippen MR) is 348 cm³/mol. The monoisotopic (exact) mass is 1330 g/mol. The van der Waals surface area contributed by atoms with E-state index in [1.54, 1.807) is 27.7 Å². The first-order valence-electron chi connectivity index (χ1n) is 33.1. The number of carbonyl (C=O) groups is 11. The Hall–Kier alpha value is -6.53. The van der Waals surface area contributed by atoms with Gasteiger partial charge in [0.2, 0.25) is 65.0 Å². The molecule has 2 heterocycles. The summed E-state index contributed by atoms with van der Waals surface area (Å²) in [5, 5.41) is 10.7. The van der Waals surface area contributed by atoms with Crippen molar-refractivity contribution in [2.75, 3.05) is 55.4 Å². The van der Waals surface area contributed by atoms with E-state index in [1.807, 2.05) is 34.6 Å². The fraction of sp³-hybridized carbons (Fsp3) is 0.746. The van der Waals surface area contributed by atoms with Crippen LogP contribution in [0.4, 0.5) is 13.2 Å². The van der Waals surface area contributed by atoms with E-state index in [0.717, 1.165) is 49.1 Å². The molecule has 1 aromatic rings. The molecule has 1 saturated carbocycles. The summed E-state index contributed by atoms with van der Waals surface area (Å²) in [5.74, 6) is -7.98. The molecule has 10 atom stereocenters. The average Bonchev–Trinajstić information content (AvgIpc) is 0.813. The lowest BCUT2D eigenvalue weighted by Gasteiger charge is -2.44. The molecule has 3 aliphatic rings. The van der Waals surface area contributed by atoms with Gasteiger partial charge in [-0.2, -0.15) is 13.2 Å². The van der Waals surface area contributed by atoms with Crippen LogP contribution in [0.15, 0.2) is 18.2 Å². The van der Waals surface area contributed by atoms with Crippen molar-refractivity contribution in [1.29, 1.82) is 0 Å². The van der Waals surface area contributed by atoms with E-state index in [1.165, 1.54) is 98.5 Å². The van der Waals surface area contributed by atoms with Crippen molar-refractivity contribution < 1.29 is 65.9 Å². The summed E-state index contributed by atoms with van der Waals surface area (Å²) in [6.07, 6.45) is 0.318. The summed E-state index contributed by atoms with van der Waals surface area (Å²) >= 11 is 6.12. The Kier molecular flexibility index (Phi) is 29.0. The highest BCUT2D eigenvalue weighted by Gasteiger charge is 2.46. The van der Waals surface area contributed by atoms with E-state index in [0.29, 0.717) is 6.42 Å². The summed E-state index contributed by atoms with van der Waals surface area (Å²) in [6.45, 7) is 20.5. The lowest BCUT2D eigenvalue weighted by atomic mass is 9.84. The lowest BCUT2D eigenvalue weighted by Crippen LogP contribution is -2.64. The molecule has 1 aromatic carbocycles. The first-order chi connectivity index (χ1) is 43.2. The molecule has 0 aromatic heterocycles. The molecule has 22 nitrogen and oxygen atoms in total. The van der Waals surface area contributed by atoms with Crippen LogP contribution in [-0.2, 0) is 65.3 Å². The molecule has 4 rings (SSSR count). The number of hydrogen-bond donors (Lipinski definition) is 4. The van der Waals surface area contributed by atoms with Crippen LogP contribution in [-0.4, -0.2) is 215 Å². The van der Waals surface area contributed by atoms with Gasteiger partial charge in [0.15, 0.2) is 0 Å². The molecule has 0 unspecified atom stereocenters. The van der Waals surface area contributed by atoms with Gasteiger partial charge in [0.1, 0.15) is 53.9 Å². The van der Waals surface area contributed by atoms with Crippen molar-refractivity contribution in [2.45, 2.75) is 239 Å². The number of benzene rings is 1. The number of halogens is 4. The van der Waals surface area contributed by atoms with Crippen LogP contribution in [0.3, 0.4) is 0 Å². The molecule has 0 spiro atoms. The quantitative estimate of drug-likeness (QED) is 0.167. The number of nitrogens with zero attached hydrogens (tertiary/aromatic N) is 7. The maximum absolute atomic E-state index is 15.0. The van der Waals surface area contributed by atoms with Crippen LogP contribution in [0.2, 0.25) is 5.02 Å². The van der Waals surface area contributed by atoms with Gasteiger partial charge in [-0.3, -0.25) is 52.7 Å². The summed E-state index contributed by atoms with van der Waals surface area (Å²) in [7, 11) is 8.65. The molecule has 11 amide bonds. The standard InChI is InChI=1S/C67H107ClF3N11O11/c1-19-41(8)56-64(92)76(13)37-55(84)82-30-29-51(82)62(90)80(17)53(36-44-23-21-20-22-24-44)63(91)78(15)43(10)57(85)72-48(28-26-45-25-27-46(47(68)35-45)67(69,70)71)58(86)73-50(32-39(4)5)61(89)81(18)66(11,12)65(93)74-49(31-38(2)3)60(88)77(14)42(9)34-54(83)79(16)52(33-40(6)7)59(87)75-56/h25,27,35,38-44,48-53,56H,19-24,26,28-34,36-37H2,1-18H3,(H,72,85)(H,73,86)(H,74,93)(H,75,87)/t41-,42+,43+,48-,49-,50-,51-,52-,53-,56-/m0/s1. The van der Waals surface area contributed by atoms with Crippen LogP contribution in [0.5, 0.6) is 0 Å². The van der Waals surface area contributed by atoms with Gasteiger partial charge in [-0.15, -0.1) is 0 Å². The first kappa shape index (κ1) is 78.9. The molecule has 3 fully saturated rings. The fourth-order valence-electron chi connectivity index (χ4n) is 12.2. The van der Waals surface area contributed by atoms with Crippen LogP contribution < -0.4 is 21.3 Å². The number of alkyl halides is 3. The Balaban J connectivity index is 1.85. The van der Waals surface area contributed by atoms with Gasteiger partial charge in [-0.1, -0.05) is 112 Å². The highest BCUT2D eigenvalue weighted by molar-refractivity contribution is 6.31. The Morgan fingerprint density at radius 2 is 1.18 bits per heavy atom. The normalized spacial score (nSPS) is 26.7. The fourth-order valence-corrected chi connectivity index (χ4v) is 12.5. The van der Waals surface area contributed by atoms with Crippen LogP contribution in [0.25, 0.3) is 0 Å². The van der Waals surface area contributed by atoms with Gasteiger partial charge in [0, 0.05) is 61.3 Å². The summed E-state index contributed by atoms with van der Waals surface area (Å²) in [5.41, 5.74) is -2.49. The van der Waals surface area contributed by atoms with Gasteiger partial charge >= 0.3 is 6.18 Å². The van der Waals surface area contributed by atoms with Crippen molar-refractivity contribution in [1.82, 2.24) is 55.6 Å². The van der Waals surface area contributed by atoms with E-state index in [-0.39, 0.29) is 87.1 Å². The zero-order chi connectivity index (χ0) is 70.5. The highest BCUT2D eigenvalue weighted by Crippen LogP contribution is 2.36. The number of nitrogens with one attached hydrogen (secondary N) is 4. The topological polar surface area (TPSA) is 259 Å². The molecule has 2 saturated heterocycles. The second kappa shape index (κ2) is 34.2. The Morgan fingerprint density at radius 3 is 1.71 bits per heavy atom. The number of likely N-dealkylation sites (N-methyl/N-ethyl adjacent to an activating group) is 6. The number of aryl methyl sites for hydroxylation is 1. The maximum Gasteiger partial charge on any atom is 0.417 e. The predicted octanol–water partition coefficient (Wildman–Crippen LogP) is 6.43. The minimum Gasteiger partial charge on any atom is -0.343 e. The summed E-state index contributed by atoms with van der Waals surface area (Å²) in [6, 6.07) is -7.29. The molecular formula is C67H107ClF3N11O11. The molecule has 93 heavy (non-hydrogen) atoms. The van der Waals surface area contributed by atoms with E-state index in [9.17, 15) is 61.1 Å². The van der Waals surface area contributed by atoms with Crippen LogP contribution in [0, 0.1) is 29.6 Å². The summed E-state index contributed by atoms with van der Waals surface area (Å²) < 4.78 is 41.4. The number of hydrogen-bond acceptors (Lipinski definition) is 11. The van der Waals surface area contributed by atoms with E-state index >= 15 is 4.79 Å². The van der Waals surface area contributed by atoms with Crippen molar-refractivity contribution in [3.05, 3.63) is 34.3 Å². The van der Waals surface area contributed by atoms with Gasteiger partial charge in [-0.25, -0.2) is 0 Å². The van der Waals surface area contributed by atoms with E-state index in [2.05, 4.69) is 21.3 Å². The van der Waals surface area contributed by atoms with Gasteiger partial charge < -0.3 is 55.6 Å². The van der Waals surface area contributed by atoms with Gasteiger partial charge in [0.05, 0.1) is 17.1 Å². The largest absolute Gasteiger partial charge is 0.417 e. The third-order valence-corrected chi connectivity index (χ3v) is 19.5. The molecular weight excluding hydrogens is 1230 g/mol. The zero-order valence-corrected chi connectivity index (χ0v) is 59.0. The zero-order valence-electron chi connectivity index (χ0n) is 58.3. The first-order valence-corrected chi connectivity index (χ1v) is 33.5. The third-order valence-electron chi connectivity index (χ3n) is 19.2.